The Morgan fingerprint density at radius 2 is 1.84 bits per heavy atom. The van der Waals surface area contributed by atoms with Gasteiger partial charge in [-0.15, -0.1) is 0 Å². The minimum Gasteiger partial charge on any atom is -0.493 e. The summed E-state index contributed by atoms with van der Waals surface area (Å²) in [5.41, 5.74) is 1.61. The van der Waals surface area contributed by atoms with Gasteiger partial charge in [0.05, 0.1) is 31.8 Å². The van der Waals surface area contributed by atoms with Crippen LogP contribution >= 0.6 is 0 Å². The first kappa shape index (κ1) is 14.7. The second-order valence-corrected chi connectivity index (χ2v) is 7.08. The van der Waals surface area contributed by atoms with Crippen LogP contribution in [0.4, 0.5) is 0 Å². The SMILES string of the molecule is COc1cccc(C2=NO[C@@H]3[C@H]4C[C@H]([C@H]5C(=O)NC(=O)[C@@H]45)[C@H]23)c1OC. The summed E-state index contributed by atoms with van der Waals surface area (Å²) in [4.78, 5) is 30.1. The van der Waals surface area contributed by atoms with Gasteiger partial charge in [0.1, 0.15) is 6.10 Å². The second kappa shape index (κ2) is 4.97. The van der Waals surface area contributed by atoms with E-state index >= 15 is 0 Å². The number of amides is 2. The number of fused-ring (bicyclic) bond motifs is 8. The molecule has 0 aromatic heterocycles. The molecule has 4 aliphatic rings. The van der Waals surface area contributed by atoms with Crippen LogP contribution in [0.5, 0.6) is 11.5 Å². The molecule has 0 radical (unpaired) electrons. The van der Waals surface area contributed by atoms with Crippen LogP contribution in [-0.2, 0) is 14.4 Å². The van der Waals surface area contributed by atoms with E-state index in [9.17, 15) is 9.59 Å². The third-order valence-electron chi connectivity index (χ3n) is 6.21. The number of oxime groups is 1. The van der Waals surface area contributed by atoms with E-state index in [1.54, 1.807) is 14.2 Å². The maximum absolute atomic E-state index is 12.3. The summed E-state index contributed by atoms with van der Waals surface area (Å²) in [5.74, 6) is 0.529. The van der Waals surface area contributed by atoms with Gasteiger partial charge >= 0.3 is 0 Å². The van der Waals surface area contributed by atoms with E-state index in [4.69, 9.17) is 14.3 Å². The number of carbonyl (C=O) groups is 2. The van der Waals surface area contributed by atoms with E-state index in [-0.39, 0.29) is 47.5 Å². The first-order valence-electron chi connectivity index (χ1n) is 8.45. The first-order valence-corrected chi connectivity index (χ1v) is 8.45. The number of ether oxygens (including phenoxy) is 2. The lowest BCUT2D eigenvalue weighted by molar-refractivity contribution is -0.127. The highest BCUT2D eigenvalue weighted by atomic mass is 16.6. The highest BCUT2D eigenvalue weighted by molar-refractivity contribution is 6.09. The molecule has 1 N–H and O–H groups in total. The molecule has 6 atom stereocenters. The minimum absolute atomic E-state index is 0.00362. The molecule has 130 valence electrons. The maximum Gasteiger partial charge on any atom is 0.230 e. The Morgan fingerprint density at radius 1 is 1.08 bits per heavy atom. The molecule has 2 heterocycles. The lowest BCUT2D eigenvalue weighted by atomic mass is 9.71. The van der Waals surface area contributed by atoms with Crippen molar-refractivity contribution in [3.63, 3.8) is 0 Å². The van der Waals surface area contributed by atoms with Crippen LogP contribution in [0.1, 0.15) is 12.0 Å². The highest BCUT2D eigenvalue weighted by Crippen LogP contribution is 2.60. The van der Waals surface area contributed by atoms with Crippen LogP contribution in [0, 0.1) is 29.6 Å². The molecular formula is C18H18N2O5. The Bertz CT molecular complexity index is 820. The quantitative estimate of drug-likeness (QED) is 0.827. The van der Waals surface area contributed by atoms with E-state index in [0.29, 0.717) is 11.5 Å². The number of nitrogens with zero attached hydrogens (tertiary/aromatic N) is 1. The fourth-order valence-corrected chi connectivity index (χ4v) is 5.36. The number of nitrogens with one attached hydrogen (secondary N) is 1. The van der Waals surface area contributed by atoms with Crippen molar-refractivity contribution in [1.82, 2.24) is 5.32 Å². The Hall–Kier alpha value is -2.57. The summed E-state index contributed by atoms with van der Waals surface area (Å²) in [7, 11) is 3.18. The normalized spacial score (nSPS) is 37.3. The molecule has 7 nitrogen and oxygen atoms in total. The van der Waals surface area contributed by atoms with Gasteiger partial charge in [-0.2, -0.15) is 0 Å². The van der Waals surface area contributed by atoms with E-state index in [1.807, 2.05) is 18.2 Å². The smallest absolute Gasteiger partial charge is 0.230 e. The van der Waals surface area contributed by atoms with Crippen LogP contribution in [0.25, 0.3) is 0 Å². The number of benzene rings is 1. The summed E-state index contributed by atoms with van der Waals surface area (Å²) >= 11 is 0. The lowest BCUT2D eigenvalue weighted by Gasteiger charge is -2.30. The molecule has 2 amide bonds. The molecule has 7 heteroatoms. The van der Waals surface area contributed by atoms with Crippen LogP contribution in [0.3, 0.4) is 0 Å². The molecule has 25 heavy (non-hydrogen) atoms. The predicted molar refractivity (Wildman–Crippen MR) is 86.2 cm³/mol. The standard InChI is InChI=1S/C18H18N2O5/c1-23-10-5-3-4-7(15(10)24-2)14-13-8-6-9(16(13)25-20-14)12-11(8)17(21)19-18(12)22/h3-5,8-9,11-13,16H,6H2,1-2H3,(H,19,21,22)/t8-,9+,11-,12+,13-,16-/m1/s1. The van der Waals surface area contributed by atoms with Crippen molar-refractivity contribution in [1.29, 1.82) is 0 Å². The Balaban J connectivity index is 1.56. The number of carbonyl (C=O) groups excluding carboxylic acids is 2. The number of para-hydroxylation sites is 1. The Kier molecular flexibility index (Phi) is 2.93. The summed E-state index contributed by atoms with van der Waals surface area (Å²) in [6.45, 7) is 0. The molecule has 0 spiro atoms. The minimum atomic E-state index is -0.263. The van der Waals surface area contributed by atoms with Crippen molar-refractivity contribution in [2.24, 2.45) is 34.7 Å². The number of hydrogen-bond donors (Lipinski definition) is 1. The van der Waals surface area contributed by atoms with Gasteiger partial charge in [0.2, 0.25) is 11.8 Å². The Morgan fingerprint density at radius 3 is 2.56 bits per heavy atom. The molecular weight excluding hydrogens is 324 g/mol. The van der Waals surface area contributed by atoms with Crippen molar-refractivity contribution in [2.75, 3.05) is 14.2 Å². The molecule has 1 aromatic rings. The number of hydrogen-bond acceptors (Lipinski definition) is 6. The van der Waals surface area contributed by atoms with Crippen LogP contribution in [0.2, 0.25) is 0 Å². The molecule has 2 bridgehead atoms. The molecule has 2 aliphatic heterocycles. The summed E-state index contributed by atoms with van der Waals surface area (Å²) < 4.78 is 10.9. The molecule has 1 saturated heterocycles. The van der Waals surface area contributed by atoms with Crippen LogP contribution < -0.4 is 14.8 Å². The number of rotatable bonds is 3. The van der Waals surface area contributed by atoms with Gasteiger partial charge in [0.15, 0.2) is 11.5 Å². The monoisotopic (exact) mass is 342 g/mol. The first-order chi connectivity index (χ1) is 12.2. The molecule has 3 fully saturated rings. The topological polar surface area (TPSA) is 86.2 Å². The van der Waals surface area contributed by atoms with Crippen molar-refractivity contribution in [3.05, 3.63) is 23.8 Å². The second-order valence-electron chi connectivity index (χ2n) is 7.08. The van der Waals surface area contributed by atoms with Gasteiger partial charge < -0.3 is 14.3 Å². The fourth-order valence-electron chi connectivity index (χ4n) is 5.36. The zero-order valence-corrected chi connectivity index (χ0v) is 13.9. The van der Waals surface area contributed by atoms with E-state index in [1.165, 1.54) is 0 Å². The summed E-state index contributed by atoms with van der Waals surface area (Å²) in [6.07, 6.45) is 0.684. The summed E-state index contributed by atoms with van der Waals surface area (Å²) in [5, 5.41) is 6.82. The largest absolute Gasteiger partial charge is 0.493 e. The summed E-state index contributed by atoms with van der Waals surface area (Å²) in [6, 6.07) is 5.64. The zero-order valence-electron chi connectivity index (χ0n) is 13.9. The lowest BCUT2D eigenvalue weighted by Crippen LogP contribution is -2.41. The van der Waals surface area contributed by atoms with Gasteiger partial charge in [0.25, 0.3) is 0 Å². The van der Waals surface area contributed by atoms with Gasteiger partial charge in [0, 0.05) is 17.4 Å². The third kappa shape index (κ3) is 1.73. The van der Waals surface area contributed by atoms with E-state index in [0.717, 1.165) is 17.7 Å². The molecule has 1 aromatic carbocycles. The van der Waals surface area contributed by atoms with Gasteiger partial charge in [-0.3, -0.25) is 14.9 Å². The third-order valence-corrected chi connectivity index (χ3v) is 6.21. The van der Waals surface area contributed by atoms with E-state index in [2.05, 4.69) is 10.5 Å². The maximum atomic E-state index is 12.3. The van der Waals surface area contributed by atoms with Crippen molar-refractivity contribution < 1.29 is 23.9 Å². The molecule has 0 unspecified atom stereocenters. The van der Waals surface area contributed by atoms with Crippen LogP contribution in [-0.4, -0.2) is 37.8 Å². The van der Waals surface area contributed by atoms with Crippen molar-refractivity contribution in [2.45, 2.75) is 12.5 Å². The van der Waals surface area contributed by atoms with Crippen molar-refractivity contribution in [3.8, 4) is 11.5 Å². The zero-order chi connectivity index (χ0) is 17.3. The fraction of sp³-hybridized carbons (Fsp3) is 0.500. The van der Waals surface area contributed by atoms with E-state index < -0.39 is 0 Å². The van der Waals surface area contributed by atoms with Gasteiger partial charge in [-0.1, -0.05) is 11.2 Å². The van der Waals surface area contributed by atoms with Gasteiger partial charge in [-0.25, -0.2) is 0 Å². The number of imide groups is 1. The van der Waals surface area contributed by atoms with Gasteiger partial charge in [-0.05, 0) is 24.5 Å². The predicted octanol–water partition coefficient (Wildman–Crippen LogP) is 0.961. The molecule has 2 aliphatic carbocycles. The number of methoxy groups -OCH3 is 2. The average Bonchev–Trinajstić information content (AvgIpc) is 3.34. The highest BCUT2D eigenvalue weighted by Gasteiger charge is 2.68. The average molecular weight is 342 g/mol. The van der Waals surface area contributed by atoms with Crippen molar-refractivity contribution >= 4 is 17.5 Å². The Labute approximate surface area is 144 Å². The molecule has 5 rings (SSSR count). The van der Waals surface area contributed by atoms with Crippen LogP contribution in [0.15, 0.2) is 23.4 Å². The molecule has 2 saturated carbocycles.